The first-order chi connectivity index (χ1) is 14.3. The lowest BCUT2D eigenvalue weighted by atomic mass is 9.79. The van der Waals surface area contributed by atoms with Gasteiger partial charge in [-0.3, -0.25) is 9.59 Å². The second-order valence-corrected chi connectivity index (χ2v) is 8.06. The molecule has 3 aromatic rings. The molecule has 1 heterocycles. The van der Waals surface area contributed by atoms with Gasteiger partial charge in [-0.15, -0.1) is 0 Å². The van der Waals surface area contributed by atoms with E-state index in [0.717, 1.165) is 16.7 Å². The van der Waals surface area contributed by atoms with E-state index in [2.05, 4.69) is 6.07 Å². The van der Waals surface area contributed by atoms with Gasteiger partial charge in [-0.1, -0.05) is 79.2 Å². The molecule has 1 amide bonds. The first kappa shape index (κ1) is 20.0. The second-order valence-electron chi connectivity index (χ2n) is 8.06. The minimum absolute atomic E-state index is 0.255. The molecule has 0 saturated carbocycles. The molecular formula is C26H25NO3. The molecule has 3 aromatic carbocycles. The van der Waals surface area contributed by atoms with E-state index in [1.54, 1.807) is 48.2 Å². The highest BCUT2D eigenvalue weighted by Crippen LogP contribution is 2.46. The normalized spacial score (nSPS) is 18.9. The van der Waals surface area contributed by atoms with E-state index < -0.39 is 17.4 Å². The Hall–Kier alpha value is -3.24. The van der Waals surface area contributed by atoms with E-state index in [9.17, 15) is 14.7 Å². The van der Waals surface area contributed by atoms with Crippen LogP contribution in [0.2, 0.25) is 0 Å². The summed E-state index contributed by atoms with van der Waals surface area (Å²) in [7, 11) is 0. The predicted molar refractivity (Wildman–Crippen MR) is 117 cm³/mol. The van der Waals surface area contributed by atoms with Crippen molar-refractivity contribution in [3.05, 3.63) is 101 Å². The van der Waals surface area contributed by atoms with E-state index in [-0.39, 0.29) is 5.78 Å². The summed E-state index contributed by atoms with van der Waals surface area (Å²) >= 11 is 0. The van der Waals surface area contributed by atoms with Crippen molar-refractivity contribution < 1.29 is 14.7 Å². The topological polar surface area (TPSA) is 57.6 Å². The second kappa shape index (κ2) is 7.54. The number of Topliss-reactive ketones (excluding diaryl/α,β-unsaturated/α-hetero) is 1. The zero-order valence-corrected chi connectivity index (χ0v) is 17.4. The molecule has 4 heteroatoms. The number of benzene rings is 3. The highest BCUT2D eigenvalue weighted by molar-refractivity contribution is 6.11. The van der Waals surface area contributed by atoms with E-state index in [1.165, 1.54) is 0 Å². The molecule has 4 nitrogen and oxygen atoms in total. The number of carbonyl (C=O) groups is 2. The number of para-hydroxylation sites is 1. The number of fused-ring (bicyclic) bond motifs is 1. The molecule has 0 aliphatic carbocycles. The van der Waals surface area contributed by atoms with Gasteiger partial charge in [-0.2, -0.15) is 0 Å². The van der Waals surface area contributed by atoms with Gasteiger partial charge in [0.15, 0.2) is 11.4 Å². The van der Waals surface area contributed by atoms with Crippen LogP contribution in [0, 0.1) is 19.8 Å². The summed E-state index contributed by atoms with van der Waals surface area (Å²) in [4.78, 5) is 28.3. The average molecular weight is 399 g/mol. The summed E-state index contributed by atoms with van der Waals surface area (Å²) in [5, 5.41) is 11.7. The molecule has 0 unspecified atom stereocenters. The number of carbonyl (C=O) groups excluding carboxylic acids is 2. The van der Waals surface area contributed by atoms with Gasteiger partial charge in [-0.05, 0) is 31.0 Å². The van der Waals surface area contributed by atoms with Gasteiger partial charge in [0.25, 0.3) is 5.91 Å². The first-order valence-electron chi connectivity index (χ1n) is 10.1. The lowest BCUT2D eigenvalue weighted by molar-refractivity contribution is -0.139. The molecule has 1 N–H and O–H groups in total. The third kappa shape index (κ3) is 3.14. The molecular weight excluding hydrogens is 374 g/mol. The van der Waals surface area contributed by atoms with Crippen molar-refractivity contribution in [2.75, 3.05) is 4.90 Å². The molecule has 1 aliphatic rings. The summed E-state index contributed by atoms with van der Waals surface area (Å²) in [6.07, 6.45) is 0. The Labute approximate surface area is 176 Å². The van der Waals surface area contributed by atoms with Gasteiger partial charge in [0.1, 0.15) is 0 Å². The molecule has 2 atom stereocenters. The van der Waals surface area contributed by atoms with E-state index in [4.69, 9.17) is 0 Å². The largest absolute Gasteiger partial charge is 0.375 e. The predicted octanol–water partition coefficient (Wildman–Crippen LogP) is 4.56. The minimum atomic E-state index is -1.90. The number of anilines is 1. The maximum atomic E-state index is 13.6. The van der Waals surface area contributed by atoms with Crippen molar-refractivity contribution in [2.45, 2.75) is 32.9 Å². The van der Waals surface area contributed by atoms with Crippen molar-refractivity contribution >= 4 is 17.4 Å². The SMILES string of the molecule is Cc1ccc(C)c(CN2C(=O)[C@@](O)([C@H](C)C(=O)c3ccccc3)c3ccccc32)c1. The number of aliphatic hydroxyl groups is 1. The van der Waals surface area contributed by atoms with Crippen molar-refractivity contribution in [3.8, 4) is 0 Å². The Kier molecular flexibility index (Phi) is 5.04. The summed E-state index contributed by atoms with van der Waals surface area (Å²) < 4.78 is 0. The van der Waals surface area contributed by atoms with Gasteiger partial charge >= 0.3 is 0 Å². The van der Waals surface area contributed by atoms with Crippen LogP contribution < -0.4 is 4.90 Å². The molecule has 152 valence electrons. The number of ketones is 1. The Balaban J connectivity index is 1.76. The number of hydrogen-bond acceptors (Lipinski definition) is 3. The van der Waals surface area contributed by atoms with Crippen LogP contribution in [0.15, 0.2) is 72.8 Å². The third-order valence-electron chi connectivity index (χ3n) is 6.09. The van der Waals surface area contributed by atoms with Crippen LogP contribution in [-0.2, 0) is 16.9 Å². The molecule has 0 aromatic heterocycles. The molecule has 1 aliphatic heterocycles. The van der Waals surface area contributed by atoms with E-state index >= 15 is 0 Å². The minimum Gasteiger partial charge on any atom is -0.375 e. The van der Waals surface area contributed by atoms with Crippen molar-refractivity contribution in [3.63, 3.8) is 0 Å². The van der Waals surface area contributed by atoms with Crippen LogP contribution in [0.1, 0.15) is 39.5 Å². The fraction of sp³-hybridized carbons (Fsp3) is 0.231. The van der Waals surface area contributed by atoms with Gasteiger partial charge in [0.2, 0.25) is 0 Å². The van der Waals surface area contributed by atoms with Crippen molar-refractivity contribution in [1.29, 1.82) is 0 Å². The monoisotopic (exact) mass is 399 g/mol. The zero-order valence-electron chi connectivity index (χ0n) is 17.4. The zero-order chi connectivity index (χ0) is 21.5. The van der Waals surface area contributed by atoms with E-state index in [0.29, 0.717) is 23.4 Å². The Morgan fingerprint density at radius 3 is 2.40 bits per heavy atom. The quantitative estimate of drug-likeness (QED) is 0.640. The summed E-state index contributed by atoms with van der Waals surface area (Å²) in [6.45, 7) is 6.00. The van der Waals surface area contributed by atoms with Gasteiger partial charge in [-0.25, -0.2) is 0 Å². The average Bonchev–Trinajstić information content (AvgIpc) is 2.98. The molecule has 0 bridgehead atoms. The van der Waals surface area contributed by atoms with E-state index in [1.807, 2.05) is 44.2 Å². The van der Waals surface area contributed by atoms with Gasteiger partial charge in [0.05, 0.1) is 18.2 Å². The van der Waals surface area contributed by atoms with Crippen LogP contribution in [0.3, 0.4) is 0 Å². The van der Waals surface area contributed by atoms with Gasteiger partial charge in [0, 0.05) is 11.1 Å². The summed E-state index contributed by atoms with van der Waals surface area (Å²) in [5.74, 6) is -1.63. The molecule has 0 fully saturated rings. The highest BCUT2D eigenvalue weighted by atomic mass is 16.3. The Bertz CT molecular complexity index is 1120. The fourth-order valence-electron chi connectivity index (χ4n) is 4.22. The molecule has 0 saturated heterocycles. The lowest BCUT2D eigenvalue weighted by Gasteiger charge is -2.29. The summed E-state index contributed by atoms with van der Waals surface area (Å²) in [5.41, 5.74) is 2.92. The number of rotatable bonds is 5. The molecule has 30 heavy (non-hydrogen) atoms. The van der Waals surface area contributed by atoms with Crippen molar-refractivity contribution in [2.24, 2.45) is 5.92 Å². The lowest BCUT2D eigenvalue weighted by Crippen LogP contribution is -2.47. The smallest absolute Gasteiger partial charge is 0.264 e. The number of amides is 1. The van der Waals surface area contributed by atoms with Crippen LogP contribution in [-0.4, -0.2) is 16.8 Å². The summed E-state index contributed by atoms with van der Waals surface area (Å²) in [6, 6.07) is 22.1. The van der Waals surface area contributed by atoms with Crippen LogP contribution in [0.5, 0.6) is 0 Å². The Morgan fingerprint density at radius 1 is 1.00 bits per heavy atom. The fourth-order valence-corrected chi connectivity index (χ4v) is 4.22. The molecule has 0 radical (unpaired) electrons. The van der Waals surface area contributed by atoms with Crippen LogP contribution in [0.25, 0.3) is 0 Å². The Morgan fingerprint density at radius 2 is 1.67 bits per heavy atom. The van der Waals surface area contributed by atoms with Crippen LogP contribution >= 0.6 is 0 Å². The standard InChI is InChI=1S/C26H25NO3/c1-17-13-14-18(2)21(15-17)16-27-23-12-8-7-11-22(23)26(30,25(27)29)19(3)24(28)20-9-5-4-6-10-20/h4-15,19,30H,16H2,1-3H3/t19-,26-/m1/s1. The van der Waals surface area contributed by atoms with Crippen molar-refractivity contribution in [1.82, 2.24) is 0 Å². The first-order valence-corrected chi connectivity index (χ1v) is 10.1. The molecule has 0 spiro atoms. The number of nitrogens with zero attached hydrogens (tertiary/aromatic N) is 1. The third-order valence-corrected chi connectivity index (χ3v) is 6.09. The maximum absolute atomic E-state index is 13.6. The number of hydrogen-bond donors (Lipinski definition) is 1. The molecule has 4 rings (SSSR count). The maximum Gasteiger partial charge on any atom is 0.264 e. The number of aryl methyl sites for hydroxylation is 2. The van der Waals surface area contributed by atoms with Gasteiger partial charge < -0.3 is 10.0 Å². The van der Waals surface area contributed by atoms with Crippen LogP contribution in [0.4, 0.5) is 5.69 Å². The highest BCUT2D eigenvalue weighted by Gasteiger charge is 2.55.